The van der Waals surface area contributed by atoms with Gasteiger partial charge in [0.05, 0.1) is 12.7 Å². The number of nitrogens with zero attached hydrogens (tertiary/aromatic N) is 4. The molecule has 0 bridgehead atoms. The number of aryl methyl sites for hydroxylation is 1. The van der Waals surface area contributed by atoms with Gasteiger partial charge in [0.25, 0.3) is 0 Å². The average Bonchev–Trinajstić information content (AvgIpc) is 3.26. The molecule has 1 atom stereocenters. The number of para-hydroxylation sites is 1. The van der Waals surface area contributed by atoms with Crippen molar-refractivity contribution < 1.29 is 23.0 Å². The highest BCUT2D eigenvalue weighted by Crippen LogP contribution is 2.29. The van der Waals surface area contributed by atoms with E-state index < -0.39 is 18.0 Å². The number of aliphatic hydroxyl groups is 1. The molecule has 34 heavy (non-hydrogen) atoms. The minimum absolute atomic E-state index is 0.120. The van der Waals surface area contributed by atoms with Crippen molar-refractivity contribution in [2.45, 2.75) is 25.7 Å². The predicted molar refractivity (Wildman–Crippen MR) is 121 cm³/mol. The van der Waals surface area contributed by atoms with Crippen LogP contribution >= 0.6 is 0 Å². The predicted octanol–water partition coefficient (Wildman–Crippen LogP) is 4.85. The lowest BCUT2D eigenvalue weighted by Gasteiger charge is -2.12. The summed E-state index contributed by atoms with van der Waals surface area (Å²) in [5.41, 5.74) is 1.99. The van der Waals surface area contributed by atoms with Crippen LogP contribution in [-0.2, 0) is 12.7 Å². The van der Waals surface area contributed by atoms with Crippen molar-refractivity contribution in [3.05, 3.63) is 84.4 Å². The maximum atomic E-state index is 12.9. The molecule has 10 heteroatoms. The van der Waals surface area contributed by atoms with E-state index in [0.717, 1.165) is 29.0 Å². The van der Waals surface area contributed by atoms with Gasteiger partial charge in [0.2, 0.25) is 5.95 Å². The Morgan fingerprint density at radius 1 is 1.09 bits per heavy atom. The van der Waals surface area contributed by atoms with Gasteiger partial charge < -0.3 is 15.2 Å². The molecule has 0 saturated carbocycles. The van der Waals surface area contributed by atoms with E-state index in [0.29, 0.717) is 11.4 Å². The number of rotatable bonds is 8. The zero-order chi connectivity index (χ0) is 24.1. The Labute approximate surface area is 193 Å². The molecule has 0 amide bonds. The first-order valence-electron chi connectivity index (χ1n) is 10.4. The van der Waals surface area contributed by atoms with Crippen molar-refractivity contribution in [1.82, 2.24) is 19.7 Å². The molecule has 4 aromatic rings. The molecule has 0 aliphatic heterocycles. The molecule has 2 aromatic heterocycles. The first kappa shape index (κ1) is 23.2. The van der Waals surface area contributed by atoms with E-state index in [1.54, 1.807) is 29.2 Å². The van der Waals surface area contributed by atoms with Gasteiger partial charge in [-0.25, -0.2) is 9.97 Å². The number of hydrogen-bond donors (Lipinski definition) is 2. The number of halogens is 3. The van der Waals surface area contributed by atoms with Crippen molar-refractivity contribution in [2.75, 3.05) is 11.9 Å². The Bertz CT molecular complexity index is 1240. The molecule has 2 heterocycles. The largest absolute Gasteiger partial charge is 0.491 e. The van der Waals surface area contributed by atoms with Crippen LogP contribution in [0.4, 0.5) is 24.8 Å². The van der Waals surface area contributed by atoms with Crippen LogP contribution in [0.1, 0.15) is 11.3 Å². The summed E-state index contributed by atoms with van der Waals surface area (Å²) < 4.78 is 46.0. The summed E-state index contributed by atoms with van der Waals surface area (Å²) >= 11 is 0. The van der Waals surface area contributed by atoms with Gasteiger partial charge in [0.15, 0.2) is 0 Å². The highest BCUT2D eigenvalue weighted by atomic mass is 19.4. The van der Waals surface area contributed by atoms with Gasteiger partial charge in [-0.05, 0) is 48.4 Å². The maximum absolute atomic E-state index is 12.9. The molecule has 7 nitrogen and oxygen atoms in total. The van der Waals surface area contributed by atoms with E-state index in [1.165, 1.54) is 0 Å². The summed E-state index contributed by atoms with van der Waals surface area (Å²) in [5.74, 6) is 0.524. The zero-order valence-electron chi connectivity index (χ0n) is 18.2. The van der Waals surface area contributed by atoms with Gasteiger partial charge in [-0.1, -0.05) is 24.3 Å². The van der Waals surface area contributed by atoms with Gasteiger partial charge in [-0.3, -0.25) is 4.68 Å². The van der Waals surface area contributed by atoms with E-state index in [-0.39, 0.29) is 19.1 Å². The zero-order valence-corrected chi connectivity index (χ0v) is 18.2. The molecule has 176 valence electrons. The van der Waals surface area contributed by atoms with Crippen LogP contribution in [0.3, 0.4) is 0 Å². The SMILES string of the molecule is Cc1cc(Nc2nccc(C(F)(F)F)n2)cc(-c2cnn(CC(O)COc3ccccc3)c2)c1. The molecule has 0 aliphatic carbocycles. The maximum Gasteiger partial charge on any atom is 0.433 e. The van der Waals surface area contributed by atoms with Crippen LogP contribution in [-0.4, -0.2) is 37.6 Å². The van der Waals surface area contributed by atoms with Gasteiger partial charge >= 0.3 is 6.18 Å². The summed E-state index contributed by atoms with van der Waals surface area (Å²) in [6, 6.07) is 15.5. The van der Waals surface area contributed by atoms with Gasteiger partial charge in [-0.2, -0.15) is 18.3 Å². The molecule has 1 unspecified atom stereocenters. The Hall–Kier alpha value is -3.92. The van der Waals surface area contributed by atoms with Crippen molar-refractivity contribution in [3.63, 3.8) is 0 Å². The third-order valence-electron chi connectivity index (χ3n) is 4.83. The van der Waals surface area contributed by atoms with Gasteiger partial charge in [-0.15, -0.1) is 0 Å². The van der Waals surface area contributed by atoms with Crippen molar-refractivity contribution >= 4 is 11.6 Å². The standard InChI is InChI=1S/C24H22F3N5O2/c1-16-9-17(11-19(10-16)30-23-28-8-7-22(31-23)24(25,26)27)18-12-29-32(13-18)14-20(33)15-34-21-5-3-2-4-6-21/h2-13,20,33H,14-15H2,1H3,(H,28,30,31). The van der Waals surface area contributed by atoms with Crippen LogP contribution in [0.15, 0.2) is 73.2 Å². The first-order valence-corrected chi connectivity index (χ1v) is 10.4. The lowest BCUT2D eigenvalue weighted by Crippen LogP contribution is -2.23. The number of alkyl halides is 3. The second-order valence-electron chi connectivity index (χ2n) is 7.70. The number of aromatic nitrogens is 4. The number of hydrogen-bond acceptors (Lipinski definition) is 6. The Morgan fingerprint density at radius 3 is 2.65 bits per heavy atom. The van der Waals surface area contributed by atoms with Crippen LogP contribution < -0.4 is 10.1 Å². The number of benzene rings is 2. The fraction of sp³-hybridized carbons (Fsp3) is 0.208. The van der Waals surface area contributed by atoms with E-state index >= 15 is 0 Å². The summed E-state index contributed by atoms with van der Waals surface area (Å²) in [7, 11) is 0. The highest BCUT2D eigenvalue weighted by molar-refractivity contribution is 5.70. The van der Waals surface area contributed by atoms with Crippen molar-refractivity contribution in [1.29, 1.82) is 0 Å². The van der Waals surface area contributed by atoms with E-state index in [2.05, 4.69) is 20.4 Å². The smallest absolute Gasteiger partial charge is 0.433 e. The molecular formula is C24H22F3N5O2. The molecule has 2 aromatic carbocycles. The summed E-state index contributed by atoms with van der Waals surface area (Å²) in [5, 5.41) is 17.4. The van der Waals surface area contributed by atoms with E-state index in [9.17, 15) is 18.3 Å². The molecule has 0 spiro atoms. The van der Waals surface area contributed by atoms with Gasteiger partial charge in [0.1, 0.15) is 24.2 Å². The van der Waals surface area contributed by atoms with Crippen LogP contribution in [0.5, 0.6) is 5.75 Å². The summed E-state index contributed by atoms with van der Waals surface area (Å²) in [4.78, 5) is 7.42. The van der Waals surface area contributed by atoms with Gasteiger partial charge in [0, 0.05) is 23.6 Å². The van der Waals surface area contributed by atoms with E-state index in [1.807, 2.05) is 43.3 Å². The third kappa shape index (κ3) is 6.10. The van der Waals surface area contributed by atoms with Crippen LogP contribution in [0, 0.1) is 6.92 Å². The third-order valence-corrected chi connectivity index (χ3v) is 4.83. The molecule has 0 saturated heterocycles. The summed E-state index contributed by atoms with van der Waals surface area (Å²) in [6.07, 6.45) is -0.815. The molecule has 0 aliphatic rings. The minimum atomic E-state index is -4.55. The molecular weight excluding hydrogens is 447 g/mol. The Balaban J connectivity index is 1.44. The number of aliphatic hydroxyl groups excluding tert-OH is 1. The average molecular weight is 469 g/mol. The highest BCUT2D eigenvalue weighted by Gasteiger charge is 2.32. The molecule has 0 fully saturated rings. The molecule has 4 rings (SSSR count). The second kappa shape index (κ2) is 9.92. The second-order valence-corrected chi connectivity index (χ2v) is 7.70. The van der Waals surface area contributed by atoms with Crippen LogP contribution in [0.2, 0.25) is 0 Å². The normalized spacial score (nSPS) is 12.4. The Kier molecular flexibility index (Phi) is 6.78. The molecule has 2 N–H and O–H groups in total. The quantitative estimate of drug-likeness (QED) is 0.384. The number of anilines is 2. The van der Waals surface area contributed by atoms with Crippen molar-refractivity contribution in [3.8, 4) is 16.9 Å². The van der Waals surface area contributed by atoms with E-state index in [4.69, 9.17) is 4.74 Å². The topological polar surface area (TPSA) is 85.1 Å². The fourth-order valence-corrected chi connectivity index (χ4v) is 3.32. The monoisotopic (exact) mass is 469 g/mol. The fourth-order valence-electron chi connectivity index (χ4n) is 3.32. The Morgan fingerprint density at radius 2 is 1.88 bits per heavy atom. The lowest BCUT2D eigenvalue weighted by molar-refractivity contribution is -0.141. The number of ether oxygens (including phenoxy) is 1. The lowest BCUT2D eigenvalue weighted by atomic mass is 10.1. The first-order chi connectivity index (χ1) is 16.3. The summed E-state index contributed by atoms with van der Waals surface area (Å²) in [6.45, 7) is 2.23. The van der Waals surface area contributed by atoms with Crippen LogP contribution in [0.25, 0.3) is 11.1 Å². The van der Waals surface area contributed by atoms with Crippen molar-refractivity contribution in [2.24, 2.45) is 0 Å². The minimum Gasteiger partial charge on any atom is -0.491 e. The number of nitrogens with one attached hydrogen (secondary N) is 1. The molecule has 0 radical (unpaired) electrons.